The van der Waals surface area contributed by atoms with Crippen LogP contribution in [0.25, 0.3) is 11.1 Å². The fraction of sp³-hybridized carbons (Fsp3) is 0.333. The minimum absolute atomic E-state index is 0.0578. The number of carbonyl (C=O) groups excluding carboxylic acids is 1. The van der Waals surface area contributed by atoms with Crippen LogP contribution in [0, 0.1) is 0 Å². The summed E-state index contributed by atoms with van der Waals surface area (Å²) in [6.07, 6.45) is 1.80. The number of nitrogens with one attached hydrogen (secondary N) is 1. The van der Waals surface area contributed by atoms with Crippen LogP contribution >= 0.6 is 11.6 Å². The molecule has 6 nitrogen and oxygen atoms in total. The van der Waals surface area contributed by atoms with Crippen LogP contribution in [0.2, 0.25) is 5.02 Å². The lowest BCUT2D eigenvalue weighted by molar-refractivity contribution is -0.122. The first kappa shape index (κ1) is 18.8. The highest BCUT2D eigenvalue weighted by molar-refractivity contribution is 6.31. The third-order valence-electron chi connectivity index (χ3n) is 5.13. The highest BCUT2D eigenvalue weighted by atomic mass is 35.5. The molecule has 1 N–H and O–H groups in total. The first-order valence-corrected chi connectivity index (χ1v) is 9.81. The number of hydrogen-bond acceptors (Lipinski definition) is 4. The van der Waals surface area contributed by atoms with Crippen molar-refractivity contribution in [1.82, 2.24) is 14.8 Å². The Morgan fingerprint density at radius 2 is 1.89 bits per heavy atom. The average molecular weight is 400 g/mol. The van der Waals surface area contributed by atoms with E-state index in [9.17, 15) is 9.59 Å². The van der Waals surface area contributed by atoms with E-state index in [-0.39, 0.29) is 18.5 Å². The van der Waals surface area contributed by atoms with Crippen molar-refractivity contribution in [1.29, 1.82) is 0 Å². The zero-order chi connectivity index (χ0) is 19.5. The minimum atomic E-state index is -0.551. The van der Waals surface area contributed by atoms with Crippen molar-refractivity contribution < 1.29 is 9.21 Å². The Bertz CT molecular complexity index is 1020. The van der Waals surface area contributed by atoms with E-state index in [1.807, 2.05) is 6.07 Å². The first-order chi connectivity index (χ1) is 13.6. The molecule has 0 radical (unpaired) electrons. The molecule has 0 bridgehead atoms. The molecule has 0 saturated carbocycles. The van der Waals surface area contributed by atoms with Crippen molar-refractivity contribution in [2.45, 2.75) is 32.0 Å². The number of nitrogens with zero attached hydrogens (tertiary/aromatic N) is 2. The van der Waals surface area contributed by atoms with Gasteiger partial charge in [0.15, 0.2) is 5.58 Å². The first-order valence-electron chi connectivity index (χ1n) is 9.43. The van der Waals surface area contributed by atoms with Gasteiger partial charge in [0, 0.05) is 36.8 Å². The standard InChI is InChI=1S/C21H22ClN3O3/c22-16-6-7-18-19(12-16)28-21(27)25(18)14-20(26)23-17-8-10-24(11-9-17)13-15-4-2-1-3-5-15/h1-7,12,17H,8-11,13-14H2,(H,23,26). The Balaban J connectivity index is 1.32. The molecule has 7 heteroatoms. The summed E-state index contributed by atoms with van der Waals surface area (Å²) >= 11 is 5.92. The lowest BCUT2D eigenvalue weighted by Crippen LogP contribution is -2.45. The van der Waals surface area contributed by atoms with E-state index >= 15 is 0 Å². The SMILES string of the molecule is O=C(Cn1c(=O)oc2cc(Cl)ccc21)NC1CCN(Cc2ccccc2)CC1. The highest BCUT2D eigenvalue weighted by Crippen LogP contribution is 2.18. The van der Waals surface area contributed by atoms with Gasteiger partial charge in [0.2, 0.25) is 5.91 Å². The van der Waals surface area contributed by atoms with Gasteiger partial charge < -0.3 is 9.73 Å². The topological polar surface area (TPSA) is 67.5 Å². The van der Waals surface area contributed by atoms with Crippen molar-refractivity contribution in [2.24, 2.45) is 0 Å². The molecule has 1 amide bonds. The fourth-order valence-corrected chi connectivity index (χ4v) is 3.85. The number of benzene rings is 2. The molecule has 2 aromatic carbocycles. The van der Waals surface area contributed by atoms with Crippen LogP contribution in [0.5, 0.6) is 0 Å². The Kier molecular flexibility index (Phi) is 5.50. The van der Waals surface area contributed by atoms with Crippen LogP contribution in [0.15, 0.2) is 57.7 Å². The number of halogens is 1. The number of hydrogen-bond donors (Lipinski definition) is 1. The molecule has 1 saturated heterocycles. The van der Waals surface area contributed by atoms with E-state index in [0.717, 1.165) is 32.5 Å². The Hall–Kier alpha value is -2.57. The second-order valence-electron chi connectivity index (χ2n) is 7.17. The van der Waals surface area contributed by atoms with E-state index in [1.54, 1.807) is 18.2 Å². The predicted molar refractivity (Wildman–Crippen MR) is 108 cm³/mol. The number of carbonyl (C=O) groups is 1. The van der Waals surface area contributed by atoms with Gasteiger partial charge in [-0.1, -0.05) is 41.9 Å². The molecule has 28 heavy (non-hydrogen) atoms. The maximum absolute atomic E-state index is 12.5. The second-order valence-corrected chi connectivity index (χ2v) is 7.61. The largest absolute Gasteiger partial charge is 0.420 e. The van der Waals surface area contributed by atoms with Crippen LogP contribution in [-0.2, 0) is 17.9 Å². The van der Waals surface area contributed by atoms with Crippen LogP contribution in [-0.4, -0.2) is 34.5 Å². The monoisotopic (exact) mass is 399 g/mol. The van der Waals surface area contributed by atoms with Crippen molar-refractivity contribution >= 4 is 28.6 Å². The predicted octanol–water partition coefficient (Wildman–Crippen LogP) is 3.03. The van der Waals surface area contributed by atoms with Crippen molar-refractivity contribution in [3.63, 3.8) is 0 Å². The lowest BCUT2D eigenvalue weighted by Gasteiger charge is -2.32. The third kappa shape index (κ3) is 4.29. The van der Waals surface area contributed by atoms with Crippen LogP contribution in [0.3, 0.4) is 0 Å². The summed E-state index contributed by atoms with van der Waals surface area (Å²) in [6.45, 7) is 2.75. The molecule has 0 unspecified atom stereocenters. The summed E-state index contributed by atoms with van der Waals surface area (Å²) in [5.74, 6) is -0.730. The van der Waals surface area contributed by atoms with Gasteiger partial charge in [-0.25, -0.2) is 4.79 Å². The van der Waals surface area contributed by atoms with E-state index in [2.05, 4.69) is 34.5 Å². The summed E-state index contributed by atoms with van der Waals surface area (Å²) in [5.41, 5.74) is 2.26. The molecule has 1 aliphatic rings. The molecular formula is C21H22ClN3O3. The second kappa shape index (κ2) is 8.20. The number of likely N-dealkylation sites (tertiary alicyclic amines) is 1. The van der Waals surface area contributed by atoms with Crippen LogP contribution in [0.1, 0.15) is 18.4 Å². The average Bonchev–Trinajstić information content (AvgIpc) is 2.98. The number of piperidine rings is 1. The number of fused-ring (bicyclic) bond motifs is 1. The minimum Gasteiger partial charge on any atom is -0.408 e. The molecule has 0 aliphatic carbocycles. The van der Waals surface area contributed by atoms with E-state index < -0.39 is 5.76 Å². The molecule has 1 aromatic heterocycles. The normalized spacial score (nSPS) is 15.8. The van der Waals surface area contributed by atoms with Gasteiger partial charge in [-0.05, 0) is 30.5 Å². The smallest absolute Gasteiger partial charge is 0.408 e. The van der Waals surface area contributed by atoms with Crippen molar-refractivity contribution in [3.05, 3.63) is 69.7 Å². The molecule has 146 valence electrons. The number of amides is 1. The lowest BCUT2D eigenvalue weighted by atomic mass is 10.0. The van der Waals surface area contributed by atoms with Crippen molar-refractivity contribution in [3.8, 4) is 0 Å². The number of aromatic nitrogens is 1. The molecule has 1 aliphatic heterocycles. The number of rotatable bonds is 5. The van der Waals surface area contributed by atoms with Gasteiger partial charge in [0.25, 0.3) is 0 Å². The van der Waals surface area contributed by atoms with Crippen molar-refractivity contribution in [2.75, 3.05) is 13.1 Å². The summed E-state index contributed by atoms with van der Waals surface area (Å²) in [4.78, 5) is 26.9. The molecule has 1 fully saturated rings. The Labute approximate surface area is 167 Å². The maximum Gasteiger partial charge on any atom is 0.420 e. The molecule has 2 heterocycles. The molecule has 0 spiro atoms. The zero-order valence-corrected chi connectivity index (χ0v) is 16.2. The Morgan fingerprint density at radius 1 is 1.14 bits per heavy atom. The van der Waals surface area contributed by atoms with Gasteiger partial charge >= 0.3 is 5.76 Å². The quantitative estimate of drug-likeness (QED) is 0.716. The molecular weight excluding hydrogens is 378 g/mol. The molecule has 0 atom stereocenters. The zero-order valence-electron chi connectivity index (χ0n) is 15.4. The highest BCUT2D eigenvalue weighted by Gasteiger charge is 2.21. The van der Waals surface area contributed by atoms with Crippen LogP contribution < -0.4 is 11.1 Å². The van der Waals surface area contributed by atoms with Gasteiger partial charge in [-0.3, -0.25) is 14.3 Å². The molecule has 3 aromatic rings. The summed E-state index contributed by atoms with van der Waals surface area (Å²) in [5, 5.41) is 3.54. The summed E-state index contributed by atoms with van der Waals surface area (Å²) < 4.78 is 6.52. The number of oxazole rings is 1. The summed E-state index contributed by atoms with van der Waals surface area (Å²) in [6, 6.07) is 15.5. The van der Waals surface area contributed by atoms with Gasteiger partial charge in [0.1, 0.15) is 6.54 Å². The van der Waals surface area contributed by atoms with E-state index in [1.165, 1.54) is 10.1 Å². The van der Waals surface area contributed by atoms with E-state index in [4.69, 9.17) is 16.0 Å². The molecule has 4 rings (SSSR count). The Morgan fingerprint density at radius 3 is 2.64 bits per heavy atom. The van der Waals surface area contributed by atoms with Crippen LogP contribution in [0.4, 0.5) is 0 Å². The van der Waals surface area contributed by atoms with E-state index in [0.29, 0.717) is 16.1 Å². The van der Waals surface area contributed by atoms with Gasteiger partial charge in [-0.15, -0.1) is 0 Å². The maximum atomic E-state index is 12.5. The fourth-order valence-electron chi connectivity index (χ4n) is 3.68. The third-order valence-corrected chi connectivity index (χ3v) is 5.37. The summed E-state index contributed by atoms with van der Waals surface area (Å²) in [7, 11) is 0. The van der Waals surface area contributed by atoms with Gasteiger partial charge in [0.05, 0.1) is 5.52 Å². The van der Waals surface area contributed by atoms with Gasteiger partial charge in [-0.2, -0.15) is 0 Å².